The van der Waals surface area contributed by atoms with Gasteiger partial charge in [0.15, 0.2) is 0 Å². The highest BCUT2D eigenvalue weighted by atomic mass is 35.5. The zero-order valence-corrected chi connectivity index (χ0v) is 11.6. The van der Waals surface area contributed by atoms with Crippen molar-refractivity contribution < 1.29 is 9.53 Å². The van der Waals surface area contributed by atoms with E-state index in [4.69, 9.17) is 4.74 Å². The Morgan fingerprint density at radius 2 is 2.18 bits per heavy atom. The Morgan fingerprint density at radius 1 is 1.47 bits per heavy atom. The molecule has 5 heteroatoms. The Morgan fingerprint density at radius 3 is 2.76 bits per heavy atom. The van der Waals surface area contributed by atoms with E-state index in [-0.39, 0.29) is 24.2 Å². The third-order valence-corrected chi connectivity index (χ3v) is 2.77. The van der Waals surface area contributed by atoms with Crippen molar-refractivity contribution in [2.75, 3.05) is 33.4 Å². The lowest BCUT2D eigenvalue weighted by molar-refractivity contribution is -0.124. The number of ether oxygens (including phenoxy) is 1. The molecule has 1 rings (SSSR count). The number of halogens is 1. The fraction of sp³-hybridized carbons (Fsp3) is 0.917. The fourth-order valence-corrected chi connectivity index (χ4v) is 1.49. The summed E-state index contributed by atoms with van der Waals surface area (Å²) in [4.78, 5) is 11.5. The van der Waals surface area contributed by atoms with E-state index < -0.39 is 0 Å². The maximum atomic E-state index is 11.5. The van der Waals surface area contributed by atoms with Gasteiger partial charge in [0, 0.05) is 32.2 Å². The summed E-state index contributed by atoms with van der Waals surface area (Å²) in [5, 5.41) is 5.91. The number of carbonyl (C=O) groups is 1. The fourth-order valence-electron chi connectivity index (χ4n) is 1.49. The van der Waals surface area contributed by atoms with E-state index in [2.05, 4.69) is 10.6 Å². The molecule has 0 heterocycles. The van der Waals surface area contributed by atoms with Gasteiger partial charge in [-0.15, -0.1) is 12.4 Å². The van der Waals surface area contributed by atoms with Gasteiger partial charge in [0.25, 0.3) is 0 Å². The van der Waals surface area contributed by atoms with Crippen LogP contribution in [-0.4, -0.2) is 39.3 Å². The summed E-state index contributed by atoms with van der Waals surface area (Å²) in [6, 6.07) is 0. The largest absolute Gasteiger partial charge is 0.381 e. The number of hydrogen-bond acceptors (Lipinski definition) is 3. The van der Waals surface area contributed by atoms with Crippen molar-refractivity contribution in [1.29, 1.82) is 0 Å². The third-order valence-electron chi connectivity index (χ3n) is 2.77. The van der Waals surface area contributed by atoms with Gasteiger partial charge in [-0.2, -0.15) is 0 Å². The molecule has 102 valence electrons. The maximum Gasteiger partial charge on any atom is 0.224 e. The van der Waals surface area contributed by atoms with E-state index in [1.807, 2.05) is 14.0 Å². The Bertz CT molecular complexity index is 211. The average molecular weight is 265 g/mol. The summed E-state index contributed by atoms with van der Waals surface area (Å²) >= 11 is 0. The highest BCUT2D eigenvalue weighted by molar-refractivity contribution is 5.85. The van der Waals surface area contributed by atoms with Gasteiger partial charge in [0.1, 0.15) is 0 Å². The molecule has 0 bridgehead atoms. The van der Waals surface area contributed by atoms with Crippen LogP contribution in [0.15, 0.2) is 0 Å². The molecule has 1 aliphatic carbocycles. The zero-order chi connectivity index (χ0) is 11.8. The number of rotatable bonds is 9. The number of carbonyl (C=O) groups excluding carboxylic acids is 1. The van der Waals surface area contributed by atoms with Gasteiger partial charge in [-0.3, -0.25) is 4.79 Å². The van der Waals surface area contributed by atoms with E-state index in [0.717, 1.165) is 38.6 Å². The number of amides is 1. The van der Waals surface area contributed by atoms with E-state index in [1.54, 1.807) is 0 Å². The van der Waals surface area contributed by atoms with Crippen molar-refractivity contribution in [2.45, 2.75) is 26.2 Å². The zero-order valence-electron chi connectivity index (χ0n) is 10.8. The topological polar surface area (TPSA) is 50.4 Å². The predicted molar refractivity (Wildman–Crippen MR) is 71.5 cm³/mol. The van der Waals surface area contributed by atoms with E-state index in [1.165, 1.54) is 12.8 Å². The quantitative estimate of drug-likeness (QED) is 0.616. The van der Waals surface area contributed by atoms with Gasteiger partial charge in [-0.25, -0.2) is 0 Å². The molecule has 1 atom stereocenters. The number of nitrogens with one attached hydrogen (secondary N) is 2. The summed E-state index contributed by atoms with van der Waals surface area (Å²) in [5.41, 5.74) is 0. The van der Waals surface area contributed by atoms with Crippen LogP contribution in [0, 0.1) is 11.8 Å². The monoisotopic (exact) mass is 264 g/mol. The summed E-state index contributed by atoms with van der Waals surface area (Å²) in [6.07, 6.45) is 3.57. The van der Waals surface area contributed by atoms with Crippen LogP contribution in [0.25, 0.3) is 0 Å². The Kier molecular flexibility index (Phi) is 9.50. The van der Waals surface area contributed by atoms with Crippen molar-refractivity contribution in [1.82, 2.24) is 10.6 Å². The first-order chi connectivity index (χ1) is 7.74. The van der Waals surface area contributed by atoms with Crippen LogP contribution < -0.4 is 10.6 Å². The van der Waals surface area contributed by atoms with Crippen LogP contribution in [0.2, 0.25) is 0 Å². The molecule has 1 unspecified atom stereocenters. The van der Waals surface area contributed by atoms with Gasteiger partial charge >= 0.3 is 0 Å². The first kappa shape index (κ1) is 16.7. The highest BCUT2D eigenvalue weighted by Gasteiger charge is 2.20. The Balaban J connectivity index is 0.00000256. The lowest BCUT2D eigenvalue weighted by atomic mass is 10.1. The lowest BCUT2D eigenvalue weighted by Gasteiger charge is -2.11. The van der Waals surface area contributed by atoms with Gasteiger partial charge in [-0.05, 0) is 32.2 Å². The SMILES string of the molecule is CNCC(C)C(=O)NCCCOCC1CC1.Cl. The second kappa shape index (κ2) is 9.68. The minimum atomic E-state index is 0. The highest BCUT2D eigenvalue weighted by Crippen LogP contribution is 2.28. The maximum absolute atomic E-state index is 11.5. The Labute approximate surface area is 110 Å². The van der Waals surface area contributed by atoms with E-state index >= 15 is 0 Å². The van der Waals surface area contributed by atoms with Gasteiger partial charge < -0.3 is 15.4 Å². The molecule has 0 radical (unpaired) electrons. The van der Waals surface area contributed by atoms with Crippen molar-refractivity contribution in [2.24, 2.45) is 11.8 Å². The molecule has 0 spiro atoms. The van der Waals surface area contributed by atoms with Gasteiger partial charge in [0.2, 0.25) is 5.91 Å². The molecule has 1 amide bonds. The molecule has 1 aliphatic rings. The van der Waals surface area contributed by atoms with Crippen LogP contribution in [0.4, 0.5) is 0 Å². The molecule has 1 fully saturated rings. The van der Waals surface area contributed by atoms with E-state index in [9.17, 15) is 4.79 Å². The third kappa shape index (κ3) is 8.41. The molecule has 4 nitrogen and oxygen atoms in total. The molecule has 0 aromatic carbocycles. The van der Waals surface area contributed by atoms with Gasteiger partial charge in [0.05, 0.1) is 0 Å². The number of hydrogen-bond donors (Lipinski definition) is 2. The minimum absolute atomic E-state index is 0. The molecule has 2 N–H and O–H groups in total. The molecular weight excluding hydrogens is 240 g/mol. The molecular formula is C12H25ClN2O2. The van der Waals surface area contributed by atoms with Crippen LogP contribution >= 0.6 is 12.4 Å². The summed E-state index contributed by atoms with van der Waals surface area (Å²) in [6.45, 7) is 5.04. The van der Waals surface area contributed by atoms with Crippen LogP contribution in [0.3, 0.4) is 0 Å². The second-order valence-electron chi connectivity index (χ2n) is 4.62. The lowest BCUT2D eigenvalue weighted by Crippen LogP contribution is -2.35. The standard InChI is InChI=1S/C12H24N2O2.ClH/c1-10(8-13-2)12(15)14-6-3-7-16-9-11-4-5-11;/h10-11,13H,3-9H2,1-2H3,(H,14,15);1H. The van der Waals surface area contributed by atoms with Crippen LogP contribution in [0.5, 0.6) is 0 Å². The van der Waals surface area contributed by atoms with E-state index in [0.29, 0.717) is 0 Å². The van der Waals surface area contributed by atoms with Crippen molar-refractivity contribution in [3.05, 3.63) is 0 Å². The molecule has 1 saturated carbocycles. The summed E-state index contributed by atoms with van der Waals surface area (Å²) in [7, 11) is 1.86. The summed E-state index contributed by atoms with van der Waals surface area (Å²) in [5.74, 6) is 0.985. The minimum Gasteiger partial charge on any atom is -0.381 e. The predicted octanol–water partition coefficient (Wildman–Crippen LogP) is 1.20. The smallest absolute Gasteiger partial charge is 0.224 e. The summed E-state index contributed by atoms with van der Waals surface area (Å²) < 4.78 is 5.48. The first-order valence-electron chi connectivity index (χ1n) is 6.24. The normalized spacial score (nSPS) is 16.1. The second-order valence-corrected chi connectivity index (χ2v) is 4.62. The van der Waals surface area contributed by atoms with Crippen molar-refractivity contribution in [3.8, 4) is 0 Å². The molecule has 0 saturated heterocycles. The van der Waals surface area contributed by atoms with Crippen molar-refractivity contribution in [3.63, 3.8) is 0 Å². The first-order valence-corrected chi connectivity index (χ1v) is 6.24. The van der Waals surface area contributed by atoms with Crippen LogP contribution in [-0.2, 0) is 9.53 Å². The molecule has 0 aromatic heterocycles. The van der Waals surface area contributed by atoms with Crippen LogP contribution in [0.1, 0.15) is 26.2 Å². The Hall–Kier alpha value is -0.320. The molecule has 0 aromatic rings. The average Bonchev–Trinajstić information content (AvgIpc) is 3.07. The molecule has 17 heavy (non-hydrogen) atoms. The molecule has 0 aliphatic heterocycles. The van der Waals surface area contributed by atoms with Crippen molar-refractivity contribution >= 4 is 18.3 Å². The van der Waals surface area contributed by atoms with Gasteiger partial charge in [-0.1, -0.05) is 6.92 Å².